The van der Waals surface area contributed by atoms with E-state index in [2.05, 4.69) is 10.3 Å². The molecule has 2 heterocycles. The second-order valence-corrected chi connectivity index (χ2v) is 9.04. The molecule has 1 aromatic heterocycles. The Morgan fingerprint density at radius 1 is 1.29 bits per heavy atom. The summed E-state index contributed by atoms with van der Waals surface area (Å²) in [5.41, 5.74) is 0.665. The van der Waals surface area contributed by atoms with E-state index < -0.39 is 10.0 Å². The fourth-order valence-electron chi connectivity index (χ4n) is 3.17. The van der Waals surface area contributed by atoms with E-state index in [1.807, 2.05) is 13.8 Å². The molecule has 1 aliphatic heterocycles. The van der Waals surface area contributed by atoms with E-state index in [0.717, 1.165) is 0 Å². The molecule has 0 bridgehead atoms. The number of amides is 1. The van der Waals surface area contributed by atoms with Crippen LogP contribution in [-0.4, -0.2) is 48.4 Å². The number of nitrogens with one attached hydrogen (secondary N) is 1. The smallest absolute Gasteiger partial charge is 0.262 e. The van der Waals surface area contributed by atoms with Crippen molar-refractivity contribution in [3.8, 4) is 5.75 Å². The Hall–Kier alpha value is -2.39. The molecule has 0 atom stereocenters. The third kappa shape index (κ3) is 4.36. The molecule has 0 saturated carbocycles. The number of sulfonamides is 1. The summed E-state index contributed by atoms with van der Waals surface area (Å²) in [6.45, 7) is 4.52. The molecular weight excluding hydrogens is 380 g/mol. The van der Waals surface area contributed by atoms with E-state index in [9.17, 15) is 13.2 Å². The lowest BCUT2D eigenvalue weighted by atomic mass is 9.97. The Kier molecular flexibility index (Phi) is 6.04. The second kappa shape index (κ2) is 8.32. The highest BCUT2D eigenvalue weighted by molar-refractivity contribution is 7.89. The lowest BCUT2D eigenvalue weighted by Crippen LogP contribution is -2.41. The largest absolute Gasteiger partial charge is 0.497 e. The zero-order chi connectivity index (χ0) is 20.3. The summed E-state index contributed by atoms with van der Waals surface area (Å²) >= 11 is 0. The number of benzene rings is 1. The van der Waals surface area contributed by atoms with Crippen LogP contribution in [0.2, 0.25) is 0 Å². The van der Waals surface area contributed by atoms with Crippen LogP contribution >= 0.6 is 0 Å². The van der Waals surface area contributed by atoms with Gasteiger partial charge in [0, 0.05) is 43.0 Å². The zero-order valence-electron chi connectivity index (χ0n) is 16.3. The number of rotatable bonds is 6. The normalized spacial score (nSPS) is 16.3. The first kappa shape index (κ1) is 20.3. The van der Waals surface area contributed by atoms with Crippen molar-refractivity contribution in [1.82, 2.24) is 13.9 Å². The summed E-state index contributed by atoms with van der Waals surface area (Å²) in [5.74, 6) is 0.333. The first-order chi connectivity index (χ1) is 13.3. The number of carbonyl (C=O) groups is 1. The molecule has 1 aromatic carbocycles. The highest BCUT2D eigenvalue weighted by Gasteiger charge is 2.33. The number of nitrogens with zero attached hydrogens (tertiary/aromatic N) is 3. The second-order valence-electron chi connectivity index (χ2n) is 7.15. The molecule has 9 heteroatoms. The standard InChI is InChI=1S/C19H26N4O4S/c1-14(2)22-12-18(20-13-22)28(25,26)23-9-7-15(8-10-23)19(24)21-16-5-4-6-17(11-16)27-3/h4-6,11-15H,7-10H2,1-3H3,(H,21,24). The highest BCUT2D eigenvalue weighted by Crippen LogP contribution is 2.25. The number of methoxy groups -OCH3 is 1. The van der Waals surface area contributed by atoms with Gasteiger partial charge in [0.15, 0.2) is 5.03 Å². The summed E-state index contributed by atoms with van der Waals surface area (Å²) in [6.07, 6.45) is 4.04. The van der Waals surface area contributed by atoms with Gasteiger partial charge >= 0.3 is 0 Å². The minimum absolute atomic E-state index is 0.0560. The molecule has 1 fully saturated rings. The minimum Gasteiger partial charge on any atom is -0.497 e. The molecule has 3 rings (SSSR count). The highest BCUT2D eigenvalue weighted by atomic mass is 32.2. The van der Waals surface area contributed by atoms with Crippen molar-refractivity contribution in [2.45, 2.75) is 37.8 Å². The van der Waals surface area contributed by atoms with Crippen LogP contribution in [0.3, 0.4) is 0 Å². The summed E-state index contributed by atoms with van der Waals surface area (Å²) in [7, 11) is -2.07. The SMILES string of the molecule is COc1cccc(NC(=O)C2CCN(S(=O)(=O)c3cn(C(C)C)cn3)CC2)c1. The molecule has 0 radical (unpaired) electrons. The number of hydrogen-bond donors (Lipinski definition) is 1. The first-order valence-corrected chi connectivity index (χ1v) is 10.7. The number of imidazole rings is 1. The maximum absolute atomic E-state index is 12.8. The predicted octanol–water partition coefficient (Wildman–Crippen LogP) is 2.51. The molecule has 2 aromatic rings. The van der Waals surface area contributed by atoms with Crippen molar-refractivity contribution in [2.24, 2.45) is 5.92 Å². The zero-order valence-corrected chi connectivity index (χ0v) is 17.1. The monoisotopic (exact) mass is 406 g/mol. The average molecular weight is 407 g/mol. The van der Waals surface area contributed by atoms with Crippen LogP contribution in [0.15, 0.2) is 41.8 Å². The van der Waals surface area contributed by atoms with Gasteiger partial charge in [0.2, 0.25) is 5.91 Å². The molecule has 0 spiro atoms. The van der Waals surface area contributed by atoms with Gasteiger partial charge in [0.05, 0.1) is 13.4 Å². The summed E-state index contributed by atoms with van der Waals surface area (Å²) in [6, 6.07) is 7.30. The molecule has 1 saturated heterocycles. The van der Waals surface area contributed by atoms with E-state index in [1.165, 1.54) is 10.6 Å². The van der Waals surface area contributed by atoms with Crippen LogP contribution < -0.4 is 10.1 Å². The van der Waals surface area contributed by atoms with E-state index in [4.69, 9.17) is 4.74 Å². The van der Waals surface area contributed by atoms with E-state index in [1.54, 1.807) is 42.1 Å². The number of carbonyl (C=O) groups excluding carboxylic acids is 1. The van der Waals surface area contributed by atoms with E-state index in [-0.39, 0.29) is 22.9 Å². The Balaban J connectivity index is 1.60. The lowest BCUT2D eigenvalue weighted by molar-refractivity contribution is -0.120. The molecule has 28 heavy (non-hydrogen) atoms. The predicted molar refractivity (Wildman–Crippen MR) is 106 cm³/mol. The number of ether oxygens (including phenoxy) is 1. The fourth-order valence-corrected chi connectivity index (χ4v) is 4.56. The van der Waals surface area contributed by atoms with E-state index >= 15 is 0 Å². The van der Waals surface area contributed by atoms with Crippen molar-refractivity contribution in [3.63, 3.8) is 0 Å². The van der Waals surface area contributed by atoms with Crippen molar-refractivity contribution >= 4 is 21.6 Å². The number of piperidine rings is 1. The van der Waals surface area contributed by atoms with Gasteiger partial charge < -0.3 is 14.6 Å². The molecule has 0 aliphatic carbocycles. The molecule has 1 aliphatic rings. The van der Waals surface area contributed by atoms with Gasteiger partial charge in [-0.05, 0) is 38.8 Å². The third-order valence-electron chi connectivity index (χ3n) is 4.94. The van der Waals surface area contributed by atoms with Crippen molar-refractivity contribution in [2.75, 3.05) is 25.5 Å². The Labute approximate surface area is 165 Å². The van der Waals surface area contributed by atoms with Crippen molar-refractivity contribution in [3.05, 3.63) is 36.8 Å². The number of anilines is 1. The summed E-state index contributed by atoms with van der Waals surface area (Å²) in [4.78, 5) is 16.6. The summed E-state index contributed by atoms with van der Waals surface area (Å²) < 4.78 is 33.9. The molecule has 1 N–H and O–H groups in total. The molecule has 1 amide bonds. The van der Waals surface area contributed by atoms with Crippen LogP contribution in [0.4, 0.5) is 5.69 Å². The topological polar surface area (TPSA) is 93.5 Å². The van der Waals surface area contributed by atoms with Crippen molar-refractivity contribution in [1.29, 1.82) is 0 Å². The minimum atomic E-state index is -3.64. The Morgan fingerprint density at radius 3 is 2.61 bits per heavy atom. The quantitative estimate of drug-likeness (QED) is 0.796. The third-order valence-corrected chi connectivity index (χ3v) is 6.72. The fraction of sp³-hybridized carbons (Fsp3) is 0.474. The van der Waals surface area contributed by atoms with E-state index in [0.29, 0.717) is 37.4 Å². The average Bonchev–Trinajstić information content (AvgIpc) is 3.20. The maximum Gasteiger partial charge on any atom is 0.262 e. The number of aromatic nitrogens is 2. The summed E-state index contributed by atoms with van der Waals surface area (Å²) in [5, 5.41) is 2.94. The lowest BCUT2D eigenvalue weighted by Gasteiger charge is -2.30. The van der Waals surface area contributed by atoms with Crippen LogP contribution in [0, 0.1) is 5.92 Å². The maximum atomic E-state index is 12.8. The van der Waals surface area contributed by atoms with Gasteiger partial charge in [-0.15, -0.1) is 0 Å². The Morgan fingerprint density at radius 2 is 2.00 bits per heavy atom. The van der Waals surface area contributed by atoms with Crippen LogP contribution in [0.1, 0.15) is 32.7 Å². The van der Waals surface area contributed by atoms with Crippen LogP contribution in [-0.2, 0) is 14.8 Å². The molecule has 0 unspecified atom stereocenters. The van der Waals surface area contributed by atoms with Gasteiger partial charge in [-0.2, -0.15) is 4.31 Å². The van der Waals surface area contributed by atoms with Crippen LogP contribution in [0.5, 0.6) is 5.75 Å². The van der Waals surface area contributed by atoms with Gasteiger partial charge in [0.1, 0.15) is 5.75 Å². The molecular formula is C19H26N4O4S. The van der Waals surface area contributed by atoms with Crippen LogP contribution in [0.25, 0.3) is 0 Å². The number of hydrogen-bond acceptors (Lipinski definition) is 5. The first-order valence-electron chi connectivity index (χ1n) is 9.30. The molecule has 8 nitrogen and oxygen atoms in total. The van der Waals surface area contributed by atoms with Gasteiger partial charge in [-0.1, -0.05) is 6.07 Å². The molecule has 152 valence electrons. The van der Waals surface area contributed by atoms with Gasteiger partial charge in [0.25, 0.3) is 10.0 Å². The Bertz CT molecular complexity index is 931. The van der Waals surface area contributed by atoms with Crippen molar-refractivity contribution < 1.29 is 17.9 Å². The van der Waals surface area contributed by atoms with Gasteiger partial charge in [-0.25, -0.2) is 13.4 Å². The van der Waals surface area contributed by atoms with Gasteiger partial charge in [-0.3, -0.25) is 4.79 Å².